The van der Waals surface area contributed by atoms with Gasteiger partial charge in [0.1, 0.15) is 0 Å². The SMILES string of the molecule is C[Si]1(C)O[Si](C)(C)O[Si](C)(C)O[Si](C)(C)O1.O1[SiH2]O[SiH2]O[SiH2]O[SiH2]1. The maximum Gasteiger partial charge on any atom is 0.314 e. The molecule has 0 bridgehead atoms. The van der Waals surface area contributed by atoms with E-state index < -0.39 is 74.3 Å². The van der Waals surface area contributed by atoms with Crippen LogP contribution >= 0.6 is 0 Å². The van der Waals surface area contributed by atoms with Crippen LogP contribution in [0.4, 0.5) is 0 Å². The fraction of sp³-hybridized carbons (Fsp3) is 1.00. The van der Waals surface area contributed by atoms with Crippen LogP contribution in [0.25, 0.3) is 0 Å². The van der Waals surface area contributed by atoms with Crippen molar-refractivity contribution in [1.29, 1.82) is 0 Å². The van der Waals surface area contributed by atoms with Gasteiger partial charge in [0, 0.05) is 0 Å². The minimum Gasteiger partial charge on any atom is -0.425 e. The molecule has 0 radical (unpaired) electrons. The summed E-state index contributed by atoms with van der Waals surface area (Å²) in [5, 5.41) is 0. The van der Waals surface area contributed by atoms with Crippen molar-refractivity contribution < 1.29 is 32.9 Å². The summed E-state index contributed by atoms with van der Waals surface area (Å²) >= 11 is 0. The van der Waals surface area contributed by atoms with Crippen molar-refractivity contribution in [2.24, 2.45) is 0 Å². The zero-order valence-electron chi connectivity index (χ0n) is 16.1. The molecule has 144 valence electrons. The zero-order chi connectivity index (χ0) is 18.5. The third-order valence-corrected chi connectivity index (χ3v) is 23.7. The summed E-state index contributed by atoms with van der Waals surface area (Å²) in [4.78, 5) is 0. The van der Waals surface area contributed by atoms with Crippen LogP contribution in [-0.4, -0.2) is 74.3 Å². The van der Waals surface area contributed by atoms with E-state index in [1.807, 2.05) is 0 Å². The van der Waals surface area contributed by atoms with Crippen LogP contribution in [0.5, 0.6) is 0 Å². The molecule has 0 saturated carbocycles. The highest BCUT2D eigenvalue weighted by molar-refractivity contribution is 6.92. The summed E-state index contributed by atoms with van der Waals surface area (Å²) in [6.45, 7) is 16.6. The summed E-state index contributed by atoms with van der Waals surface area (Å²) in [5.41, 5.74) is 0. The molecule has 0 aromatic heterocycles. The monoisotopic (exact) mass is 480 g/mol. The van der Waals surface area contributed by atoms with Crippen molar-refractivity contribution in [3.05, 3.63) is 0 Å². The molecule has 2 fully saturated rings. The summed E-state index contributed by atoms with van der Waals surface area (Å²) in [6, 6.07) is 0. The van der Waals surface area contributed by atoms with Gasteiger partial charge in [0.2, 0.25) is 0 Å². The van der Waals surface area contributed by atoms with Gasteiger partial charge in [-0.3, -0.25) is 0 Å². The van der Waals surface area contributed by atoms with E-state index in [1.54, 1.807) is 0 Å². The van der Waals surface area contributed by atoms with E-state index in [2.05, 4.69) is 52.4 Å². The summed E-state index contributed by atoms with van der Waals surface area (Å²) in [7, 11) is -11.1. The van der Waals surface area contributed by atoms with Crippen molar-refractivity contribution in [2.75, 3.05) is 0 Å². The standard InChI is InChI=1S/C8H24O4Si4.H8O4Si4/c1-13(2)9-14(3,4)11-16(7,8)12-15(5,6)10-13;1-5-2-7-4-8-3-6-1/h1-8H3;5-8H2. The second-order valence-electron chi connectivity index (χ2n) is 7.30. The average Bonchev–Trinajstić information content (AvgIpc) is 2.18. The quantitative estimate of drug-likeness (QED) is 0.406. The molecule has 2 saturated heterocycles. The van der Waals surface area contributed by atoms with Crippen molar-refractivity contribution >= 4 is 74.3 Å². The Kier molecular flexibility index (Phi) is 9.34. The van der Waals surface area contributed by atoms with Gasteiger partial charge in [-0.15, -0.1) is 0 Å². The zero-order valence-corrected chi connectivity index (χ0v) is 25.8. The Morgan fingerprint density at radius 3 is 0.708 bits per heavy atom. The second kappa shape index (κ2) is 9.56. The Balaban J connectivity index is 0.000000300. The van der Waals surface area contributed by atoms with Crippen LogP contribution in [0.1, 0.15) is 0 Å². The van der Waals surface area contributed by atoms with Gasteiger partial charge < -0.3 is 32.9 Å². The summed E-state index contributed by atoms with van der Waals surface area (Å²) < 4.78 is 45.0. The van der Waals surface area contributed by atoms with Gasteiger partial charge in [-0.25, -0.2) is 0 Å². The highest BCUT2D eigenvalue weighted by Gasteiger charge is 2.50. The maximum absolute atomic E-state index is 6.16. The van der Waals surface area contributed by atoms with Crippen molar-refractivity contribution in [3.8, 4) is 0 Å². The Morgan fingerprint density at radius 2 is 0.542 bits per heavy atom. The Morgan fingerprint density at radius 1 is 0.375 bits per heavy atom. The lowest BCUT2D eigenvalue weighted by atomic mass is 11.9. The van der Waals surface area contributed by atoms with Gasteiger partial charge in [-0.2, -0.15) is 0 Å². The molecule has 0 aliphatic carbocycles. The molecular weight excluding hydrogens is 449 g/mol. The normalized spacial score (nSPS) is 33.0. The molecule has 0 atom stereocenters. The van der Waals surface area contributed by atoms with Crippen LogP contribution in [0, 0.1) is 0 Å². The second-order valence-corrected chi connectivity index (χ2v) is 29.2. The van der Waals surface area contributed by atoms with Gasteiger partial charge >= 0.3 is 34.2 Å². The van der Waals surface area contributed by atoms with E-state index in [0.717, 1.165) is 0 Å². The first-order valence-corrected chi connectivity index (χ1v) is 23.8. The van der Waals surface area contributed by atoms with Crippen LogP contribution in [-0.2, 0) is 32.9 Å². The Bertz CT molecular complexity index is 298. The molecular formula is C8H32O8Si8. The smallest absolute Gasteiger partial charge is 0.314 e. The first kappa shape index (κ1) is 23.5. The molecule has 8 nitrogen and oxygen atoms in total. The lowest BCUT2D eigenvalue weighted by molar-refractivity contribution is 0.238. The van der Waals surface area contributed by atoms with E-state index >= 15 is 0 Å². The van der Waals surface area contributed by atoms with Crippen molar-refractivity contribution in [3.63, 3.8) is 0 Å². The molecule has 0 aromatic carbocycles. The van der Waals surface area contributed by atoms with Crippen LogP contribution in [0.15, 0.2) is 0 Å². The fourth-order valence-electron chi connectivity index (χ4n) is 2.82. The third-order valence-electron chi connectivity index (χ3n) is 2.63. The van der Waals surface area contributed by atoms with Crippen LogP contribution < -0.4 is 0 Å². The molecule has 0 amide bonds. The predicted octanol–water partition coefficient (Wildman–Crippen LogP) is -1.06. The minimum absolute atomic E-state index is 0.653. The minimum atomic E-state index is -2.11. The first-order chi connectivity index (χ1) is 10.8. The molecule has 2 rings (SSSR count). The lowest BCUT2D eigenvalue weighted by Crippen LogP contribution is -2.64. The van der Waals surface area contributed by atoms with E-state index in [-0.39, 0.29) is 0 Å². The average molecular weight is 481 g/mol. The molecule has 2 aliphatic heterocycles. The van der Waals surface area contributed by atoms with Gasteiger partial charge in [0.15, 0.2) is 0 Å². The van der Waals surface area contributed by atoms with E-state index in [9.17, 15) is 0 Å². The lowest BCUT2D eigenvalue weighted by Gasteiger charge is -2.46. The molecule has 2 aliphatic rings. The highest BCUT2D eigenvalue weighted by Crippen LogP contribution is 2.30. The Hall–Kier alpha value is 1.42. The van der Waals surface area contributed by atoms with Crippen molar-refractivity contribution in [1.82, 2.24) is 0 Å². The van der Waals surface area contributed by atoms with E-state index in [1.165, 1.54) is 0 Å². The largest absolute Gasteiger partial charge is 0.425 e. The van der Waals surface area contributed by atoms with Gasteiger partial charge in [0.05, 0.1) is 0 Å². The summed E-state index contributed by atoms with van der Waals surface area (Å²) in [6.07, 6.45) is 0. The van der Waals surface area contributed by atoms with Gasteiger partial charge in [-0.1, -0.05) is 0 Å². The number of rotatable bonds is 0. The molecule has 0 aromatic rings. The number of hydrogen-bond donors (Lipinski definition) is 0. The predicted molar refractivity (Wildman–Crippen MR) is 113 cm³/mol. The van der Waals surface area contributed by atoms with Crippen LogP contribution in [0.2, 0.25) is 52.4 Å². The molecule has 0 N–H and O–H groups in total. The highest BCUT2D eigenvalue weighted by atomic mass is 28.5. The van der Waals surface area contributed by atoms with Gasteiger partial charge in [0.25, 0.3) is 40.0 Å². The maximum atomic E-state index is 6.16. The molecule has 16 heteroatoms. The number of hydrogen-bond acceptors (Lipinski definition) is 8. The molecule has 24 heavy (non-hydrogen) atoms. The summed E-state index contributed by atoms with van der Waals surface area (Å²) in [5.74, 6) is 0. The fourth-order valence-corrected chi connectivity index (χ4v) is 31.1. The topological polar surface area (TPSA) is 73.8 Å². The molecule has 0 unspecified atom stereocenters. The van der Waals surface area contributed by atoms with Crippen LogP contribution in [0.3, 0.4) is 0 Å². The van der Waals surface area contributed by atoms with Gasteiger partial charge in [-0.05, 0) is 52.4 Å². The third kappa shape index (κ3) is 10.5. The Labute approximate surface area is 159 Å². The van der Waals surface area contributed by atoms with Crippen molar-refractivity contribution in [2.45, 2.75) is 52.4 Å². The van der Waals surface area contributed by atoms with E-state index in [0.29, 0.717) is 0 Å². The molecule has 0 spiro atoms. The van der Waals surface area contributed by atoms with E-state index in [4.69, 9.17) is 32.9 Å². The molecule has 2 heterocycles. The first-order valence-electron chi connectivity index (χ1n) is 7.94.